The van der Waals surface area contributed by atoms with E-state index in [0.29, 0.717) is 32.2 Å². The van der Waals surface area contributed by atoms with E-state index in [1.165, 1.54) is 0 Å². The Morgan fingerprint density at radius 2 is 2.12 bits per heavy atom. The summed E-state index contributed by atoms with van der Waals surface area (Å²) in [6.07, 6.45) is 2.43. The summed E-state index contributed by atoms with van der Waals surface area (Å²) in [7, 11) is 1.67. The van der Waals surface area contributed by atoms with Crippen molar-refractivity contribution in [1.82, 2.24) is 9.97 Å². The van der Waals surface area contributed by atoms with Gasteiger partial charge >= 0.3 is 6.01 Å². The first-order valence-corrected chi connectivity index (χ1v) is 5.11. The van der Waals surface area contributed by atoms with Gasteiger partial charge in [0.1, 0.15) is 12.4 Å². The van der Waals surface area contributed by atoms with Crippen LogP contribution in [-0.4, -0.2) is 43.5 Å². The van der Waals surface area contributed by atoms with Crippen molar-refractivity contribution >= 4 is 5.82 Å². The summed E-state index contributed by atoms with van der Waals surface area (Å²) < 4.78 is 15.4. The predicted octanol–water partition coefficient (Wildman–Crippen LogP) is 0.491. The highest BCUT2D eigenvalue weighted by Gasteiger charge is 1.97. The van der Waals surface area contributed by atoms with Crippen molar-refractivity contribution in [2.24, 2.45) is 0 Å². The van der Waals surface area contributed by atoms with Gasteiger partial charge in [0.2, 0.25) is 0 Å². The molecule has 0 radical (unpaired) electrons. The Morgan fingerprint density at radius 3 is 2.88 bits per heavy atom. The Hall–Kier alpha value is -1.40. The quantitative estimate of drug-likeness (QED) is 0.651. The van der Waals surface area contributed by atoms with Gasteiger partial charge in [-0.05, 0) is 12.5 Å². The van der Waals surface area contributed by atoms with Crippen molar-refractivity contribution in [2.45, 2.75) is 6.42 Å². The molecule has 16 heavy (non-hydrogen) atoms. The molecule has 0 saturated carbocycles. The number of nitrogens with zero attached hydrogens (tertiary/aromatic N) is 2. The van der Waals surface area contributed by atoms with Crippen molar-refractivity contribution in [3.63, 3.8) is 0 Å². The van der Waals surface area contributed by atoms with E-state index in [4.69, 9.17) is 19.9 Å². The number of methoxy groups -OCH3 is 1. The zero-order valence-corrected chi connectivity index (χ0v) is 9.39. The molecule has 1 aromatic heterocycles. The maximum atomic E-state index is 5.47. The molecule has 0 fully saturated rings. The van der Waals surface area contributed by atoms with E-state index in [1.54, 1.807) is 19.4 Å². The number of hydrogen-bond donors (Lipinski definition) is 1. The van der Waals surface area contributed by atoms with Crippen molar-refractivity contribution in [1.29, 1.82) is 0 Å². The average Bonchev–Trinajstić information content (AvgIpc) is 2.28. The summed E-state index contributed by atoms with van der Waals surface area (Å²) in [5.74, 6) is 0.394. The number of rotatable bonds is 8. The molecule has 1 heterocycles. The lowest BCUT2D eigenvalue weighted by atomic mass is 10.5. The smallest absolute Gasteiger partial charge is 0.318 e. The topological polar surface area (TPSA) is 79.5 Å². The number of hydrogen-bond acceptors (Lipinski definition) is 6. The first-order valence-electron chi connectivity index (χ1n) is 5.11. The molecule has 0 amide bonds. The SMILES string of the molecule is COCCCOCCOc1nccc(N)n1. The largest absolute Gasteiger partial charge is 0.461 e. The predicted molar refractivity (Wildman–Crippen MR) is 59.3 cm³/mol. The van der Waals surface area contributed by atoms with Gasteiger partial charge < -0.3 is 19.9 Å². The fourth-order valence-electron chi connectivity index (χ4n) is 1.02. The molecule has 1 rings (SSSR count). The Morgan fingerprint density at radius 1 is 1.25 bits per heavy atom. The second-order valence-corrected chi connectivity index (χ2v) is 3.07. The van der Waals surface area contributed by atoms with Crippen LogP contribution >= 0.6 is 0 Å². The second kappa shape index (κ2) is 7.84. The maximum Gasteiger partial charge on any atom is 0.318 e. The van der Waals surface area contributed by atoms with Gasteiger partial charge in [0.25, 0.3) is 0 Å². The van der Waals surface area contributed by atoms with Crippen molar-refractivity contribution in [3.8, 4) is 6.01 Å². The molecule has 90 valence electrons. The fraction of sp³-hybridized carbons (Fsp3) is 0.600. The first-order chi connectivity index (χ1) is 7.83. The number of ether oxygens (including phenoxy) is 3. The number of anilines is 1. The molecule has 0 unspecified atom stereocenters. The van der Waals surface area contributed by atoms with Gasteiger partial charge in [-0.25, -0.2) is 4.98 Å². The third kappa shape index (κ3) is 5.47. The summed E-state index contributed by atoms with van der Waals surface area (Å²) in [5.41, 5.74) is 5.47. The molecule has 0 saturated heterocycles. The van der Waals surface area contributed by atoms with E-state index in [9.17, 15) is 0 Å². The van der Waals surface area contributed by atoms with E-state index in [0.717, 1.165) is 6.42 Å². The standard InChI is InChI=1S/C10H17N3O3/c1-14-5-2-6-15-7-8-16-10-12-4-3-9(11)13-10/h3-4H,2,5-8H2,1H3,(H2,11,12,13). The van der Waals surface area contributed by atoms with Gasteiger partial charge in [-0.3, -0.25) is 0 Å². The molecule has 6 heteroatoms. The van der Waals surface area contributed by atoms with E-state index < -0.39 is 0 Å². The van der Waals surface area contributed by atoms with E-state index in [-0.39, 0.29) is 6.01 Å². The number of nitrogen functional groups attached to an aromatic ring is 1. The highest BCUT2D eigenvalue weighted by molar-refractivity contribution is 5.26. The summed E-state index contributed by atoms with van der Waals surface area (Å²) in [4.78, 5) is 7.79. The van der Waals surface area contributed by atoms with Crippen LogP contribution in [-0.2, 0) is 9.47 Å². The molecule has 0 aliphatic heterocycles. The van der Waals surface area contributed by atoms with Crippen LogP contribution in [0.5, 0.6) is 6.01 Å². The molecule has 0 bridgehead atoms. The van der Waals surface area contributed by atoms with Crippen molar-refractivity contribution in [2.75, 3.05) is 39.3 Å². The minimum Gasteiger partial charge on any atom is -0.461 e. The maximum absolute atomic E-state index is 5.47. The van der Waals surface area contributed by atoms with Gasteiger partial charge in [0.05, 0.1) is 6.61 Å². The van der Waals surface area contributed by atoms with Crippen molar-refractivity contribution < 1.29 is 14.2 Å². The summed E-state index contributed by atoms with van der Waals surface area (Å²) in [5, 5.41) is 0. The third-order valence-electron chi connectivity index (χ3n) is 1.75. The fourth-order valence-corrected chi connectivity index (χ4v) is 1.02. The zero-order chi connectivity index (χ0) is 11.6. The van der Waals surface area contributed by atoms with Crippen molar-refractivity contribution in [3.05, 3.63) is 12.3 Å². The Kier molecular flexibility index (Phi) is 6.20. The van der Waals surface area contributed by atoms with Crippen LogP contribution in [0, 0.1) is 0 Å². The lowest BCUT2D eigenvalue weighted by Gasteiger charge is -2.05. The van der Waals surface area contributed by atoms with Crippen LogP contribution in [0.15, 0.2) is 12.3 Å². The Labute approximate surface area is 94.7 Å². The van der Waals surface area contributed by atoms with E-state index in [2.05, 4.69) is 9.97 Å². The molecule has 0 aliphatic rings. The van der Waals surface area contributed by atoms with Crippen LogP contribution in [0.1, 0.15) is 6.42 Å². The van der Waals surface area contributed by atoms with Gasteiger partial charge in [0, 0.05) is 26.5 Å². The highest BCUT2D eigenvalue weighted by Crippen LogP contribution is 2.03. The molecular formula is C10H17N3O3. The van der Waals surface area contributed by atoms with Gasteiger partial charge in [0.15, 0.2) is 0 Å². The molecule has 6 nitrogen and oxygen atoms in total. The molecule has 0 aliphatic carbocycles. The van der Waals surface area contributed by atoms with E-state index in [1.807, 2.05) is 0 Å². The first kappa shape index (κ1) is 12.7. The minimum absolute atomic E-state index is 0.278. The molecule has 0 atom stereocenters. The summed E-state index contributed by atoms with van der Waals surface area (Å²) in [6.45, 7) is 2.28. The number of aromatic nitrogens is 2. The zero-order valence-electron chi connectivity index (χ0n) is 9.39. The normalized spacial score (nSPS) is 10.3. The number of nitrogens with two attached hydrogens (primary N) is 1. The third-order valence-corrected chi connectivity index (χ3v) is 1.75. The lowest BCUT2D eigenvalue weighted by Crippen LogP contribution is -2.10. The van der Waals surface area contributed by atoms with Crippen LogP contribution < -0.4 is 10.5 Å². The van der Waals surface area contributed by atoms with E-state index >= 15 is 0 Å². The van der Waals surface area contributed by atoms with Gasteiger partial charge in [-0.2, -0.15) is 4.98 Å². The minimum atomic E-state index is 0.278. The van der Waals surface area contributed by atoms with Crippen LogP contribution in [0.4, 0.5) is 5.82 Å². The van der Waals surface area contributed by atoms with Gasteiger partial charge in [-0.1, -0.05) is 0 Å². The summed E-state index contributed by atoms with van der Waals surface area (Å²) >= 11 is 0. The lowest BCUT2D eigenvalue weighted by molar-refractivity contribution is 0.0783. The van der Waals surface area contributed by atoms with Crippen LogP contribution in [0.2, 0.25) is 0 Å². The van der Waals surface area contributed by atoms with Crippen LogP contribution in [0.25, 0.3) is 0 Å². The van der Waals surface area contributed by atoms with Gasteiger partial charge in [-0.15, -0.1) is 0 Å². The molecule has 0 spiro atoms. The van der Waals surface area contributed by atoms with Crippen LogP contribution in [0.3, 0.4) is 0 Å². The Balaban J connectivity index is 2.03. The summed E-state index contributed by atoms with van der Waals surface area (Å²) in [6, 6.07) is 1.88. The highest BCUT2D eigenvalue weighted by atomic mass is 16.5. The molecular weight excluding hydrogens is 210 g/mol. The molecule has 2 N–H and O–H groups in total. The Bertz CT molecular complexity index is 296. The molecule has 0 aromatic carbocycles. The molecule has 1 aromatic rings. The monoisotopic (exact) mass is 227 g/mol. The average molecular weight is 227 g/mol. The second-order valence-electron chi connectivity index (χ2n) is 3.07.